The fourth-order valence-electron chi connectivity index (χ4n) is 16.1. The van der Waals surface area contributed by atoms with Gasteiger partial charge in [0.1, 0.15) is 232 Å². The van der Waals surface area contributed by atoms with E-state index in [1.165, 1.54) is 13.8 Å². The van der Waals surface area contributed by atoms with Crippen LogP contribution >= 0.6 is 0 Å². The Hall–Kier alpha value is -4.41. The zero-order valence-electron chi connectivity index (χ0n) is 67.5. The van der Waals surface area contributed by atoms with Crippen molar-refractivity contribution in [2.75, 3.05) is 52.9 Å². The highest BCUT2D eigenvalue weighted by atomic mass is 16.8. The summed E-state index contributed by atoms with van der Waals surface area (Å²) in [4.78, 5) is 64.6. The zero-order chi connectivity index (χ0) is 91.4. The molecule has 0 saturated carbocycles. The molecule has 30 N–H and O–H groups in total. The molecular formula is C70H117N5O49. The third kappa shape index (κ3) is 22.7. The Morgan fingerprint density at radius 2 is 0.524 bits per heavy atom. The third-order valence-corrected chi connectivity index (χ3v) is 22.8. The van der Waals surface area contributed by atoms with E-state index in [4.69, 9.17) is 90.0 Å². The molecule has 716 valence electrons. The first-order chi connectivity index (χ1) is 58.5. The Kier molecular flexibility index (Phi) is 36.3. The SMILES string of the molecule is CC(=O)N[C@@H]1[C@H](O[C@@H]2[C@@H](O[C@@H]3[C@H](O)[C@H](O[C@H]4[C@H](O)[C@@H](NC(C)=O)[C@H](O[C@H]5[C@H](O)[C@@H](NC(C)=O)[C@H](O)O[C@@H]5CO[C@@H]5O[C@@H](C)[C@@H](O)[C@@H](O)[C@@H]5O)O[C@@H]4CO)O[C@H](CO[C@H]4O[C@H](CO)[C@@H](O)[C@H](O)[C@@H]4O[C@@H]4O[C@H](CO)[C@@H](O)[C@H](O)[C@H]4NC(C)=O)[C@H]3O)O[C@H](CO)[C@@H](O)[C@@H]2O)O[C@H](CO)[C@@H](O[C@@H]2O[C@H](CO)[C@H](O)[C@H](O)[C@H]2NC(C)=O)[C@@H]1O[C@@H]1O[C@@H](C)[C@@H](O)[C@@H](O)[C@@H]1O. The molecule has 0 aromatic heterocycles. The first-order valence-corrected chi connectivity index (χ1v) is 39.8. The summed E-state index contributed by atoms with van der Waals surface area (Å²) >= 11 is 0. The Morgan fingerprint density at radius 3 is 0.992 bits per heavy atom. The number of carbonyl (C=O) groups is 5. The maximum Gasteiger partial charge on any atom is 0.217 e. The number of hydrogen-bond donors (Lipinski definition) is 30. The van der Waals surface area contributed by atoms with Crippen LogP contribution in [-0.4, -0.2) is 517 Å². The molecule has 0 aromatic rings. The summed E-state index contributed by atoms with van der Waals surface area (Å²) in [6.45, 7) is -1.61. The highest BCUT2D eigenvalue weighted by Gasteiger charge is 2.62. The van der Waals surface area contributed by atoms with Crippen LogP contribution in [0.3, 0.4) is 0 Å². The smallest absolute Gasteiger partial charge is 0.217 e. The van der Waals surface area contributed by atoms with Crippen molar-refractivity contribution in [3.8, 4) is 0 Å². The highest BCUT2D eigenvalue weighted by Crippen LogP contribution is 2.41. The lowest BCUT2D eigenvalue weighted by Gasteiger charge is -2.52. The van der Waals surface area contributed by atoms with Gasteiger partial charge in [0, 0.05) is 34.6 Å². The number of nitrogens with one attached hydrogen (secondary N) is 5. The summed E-state index contributed by atoms with van der Waals surface area (Å²) in [7, 11) is 0. The van der Waals surface area contributed by atoms with Gasteiger partial charge in [0.15, 0.2) is 62.9 Å². The van der Waals surface area contributed by atoms with E-state index in [1.807, 2.05) is 0 Å². The summed E-state index contributed by atoms with van der Waals surface area (Å²) in [5, 5.41) is 294. The second-order valence-electron chi connectivity index (χ2n) is 31.7. The van der Waals surface area contributed by atoms with Crippen molar-refractivity contribution >= 4 is 29.5 Å². The molecule has 10 heterocycles. The molecule has 10 aliphatic heterocycles. The number of aliphatic hydroxyl groups is 25. The standard InChI is InChI=1S/C70H117N5O49/c1-16-36(87)47(98)51(102)66(108-16)106-15-30-55(45(96)31(61(105)110-30)71-18(3)82)118-64-34(74-21(6)85)46(97)54(27(12-80)115-64)119-68-53(104)58(42(93)29(117-68)14-107-69-59(49(100)40(91)25(10-78)113-69)123-63-33(73-20(5)84)44(95)39(90)24(9-77)112-63)122-70-60(50(101)41(92)26(11-79)114-70)124-65-35(75-22(7)86)57(121-67-52(103)48(99)37(88)17(2)109-67)56(28(13-81)116-65)120-62-32(72-19(4)83)43(94)38(89)23(8-76)111-62/h16-17,23-70,76-81,87-105H,8-15H2,1-7H3,(H,71,82)(H,72,83)(H,73,84)(H,74,85)(H,75,86)/t16-,17-,23+,24+,25+,26+,27+,28+,29+,30+,31+,32+,33+,34+,35-,36+,37+,38-,39+,40+,41+,42+,43+,44+,45+,46+,47+,48+,49-,50-,51-,52-,53-,54+,55+,56+,57+,58-,59-,60-,61+,62-,63-,64-,65-,66+,67-,68-,69-,70+/m0/s1. The number of amides is 5. The molecule has 5 amide bonds. The van der Waals surface area contributed by atoms with Gasteiger partial charge in [0.25, 0.3) is 0 Å². The van der Waals surface area contributed by atoms with Gasteiger partial charge < -0.3 is 244 Å². The van der Waals surface area contributed by atoms with Gasteiger partial charge in [-0.25, -0.2) is 0 Å². The number of rotatable bonds is 31. The van der Waals surface area contributed by atoms with E-state index in [0.717, 1.165) is 34.6 Å². The van der Waals surface area contributed by atoms with Crippen LogP contribution in [-0.2, 0) is 114 Å². The van der Waals surface area contributed by atoms with Gasteiger partial charge >= 0.3 is 0 Å². The largest absolute Gasteiger partial charge is 0.394 e. The monoisotopic (exact) mass is 1810 g/mol. The van der Waals surface area contributed by atoms with Gasteiger partial charge in [-0.15, -0.1) is 0 Å². The van der Waals surface area contributed by atoms with Crippen molar-refractivity contribution in [3.63, 3.8) is 0 Å². The zero-order valence-corrected chi connectivity index (χ0v) is 67.5. The summed E-state index contributed by atoms with van der Waals surface area (Å²) in [5.41, 5.74) is 0. The molecule has 54 heteroatoms. The summed E-state index contributed by atoms with van der Waals surface area (Å²) in [6, 6.07) is -9.41. The molecular weight excluding hydrogens is 1690 g/mol. The lowest BCUT2D eigenvalue weighted by molar-refractivity contribution is -0.402. The van der Waals surface area contributed by atoms with Crippen molar-refractivity contribution in [2.45, 2.75) is 355 Å². The fraction of sp³-hybridized carbons (Fsp3) is 0.929. The van der Waals surface area contributed by atoms with E-state index < -0.39 is 389 Å². The molecule has 10 saturated heterocycles. The predicted molar refractivity (Wildman–Crippen MR) is 385 cm³/mol. The van der Waals surface area contributed by atoms with E-state index in [2.05, 4.69) is 26.6 Å². The summed E-state index contributed by atoms with van der Waals surface area (Å²) in [5.74, 6) is -4.60. The van der Waals surface area contributed by atoms with Crippen LogP contribution in [0.15, 0.2) is 0 Å². The maximum atomic E-state index is 13.6. The van der Waals surface area contributed by atoms with E-state index in [-0.39, 0.29) is 0 Å². The molecule has 0 aromatic carbocycles. The third-order valence-electron chi connectivity index (χ3n) is 22.8. The number of aliphatic hydroxyl groups excluding tert-OH is 25. The normalized spacial score (nSPS) is 49.0. The van der Waals surface area contributed by atoms with E-state index in [0.29, 0.717) is 0 Å². The van der Waals surface area contributed by atoms with E-state index >= 15 is 0 Å². The van der Waals surface area contributed by atoms with Crippen LogP contribution in [0.4, 0.5) is 0 Å². The summed E-state index contributed by atoms with van der Waals surface area (Å²) in [6.07, 6.45) is -93.0. The highest BCUT2D eigenvalue weighted by molar-refractivity contribution is 5.75. The lowest BCUT2D eigenvalue weighted by atomic mass is 9.93. The van der Waals surface area contributed by atoms with Crippen molar-refractivity contribution in [2.24, 2.45) is 0 Å². The molecule has 54 nitrogen and oxygen atoms in total. The van der Waals surface area contributed by atoms with Crippen LogP contribution in [0, 0.1) is 0 Å². The van der Waals surface area contributed by atoms with Gasteiger partial charge in [-0.2, -0.15) is 0 Å². The molecule has 0 aliphatic carbocycles. The van der Waals surface area contributed by atoms with Crippen LogP contribution in [0.5, 0.6) is 0 Å². The Labute approximate surface area is 703 Å². The molecule has 10 aliphatic rings. The average Bonchev–Trinajstić information content (AvgIpc) is 0.758. The molecule has 124 heavy (non-hydrogen) atoms. The van der Waals surface area contributed by atoms with Crippen LogP contribution < -0.4 is 26.6 Å². The molecule has 10 fully saturated rings. The second-order valence-corrected chi connectivity index (χ2v) is 31.7. The van der Waals surface area contributed by atoms with Crippen LogP contribution in [0.25, 0.3) is 0 Å². The minimum atomic E-state index is -2.65. The predicted octanol–water partition coefficient (Wildman–Crippen LogP) is -20.0. The molecule has 0 bridgehead atoms. The Morgan fingerprint density at radius 1 is 0.226 bits per heavy atom. The number of carbonyl (C=O) groups excluding carboxylic acids is 5. The molecule has 0 radical (unpaired) electrons. The number of hydrogen-bond acceptors (Lipinski definition) is 49. The summed E-state index contributed by atoms with van der Waals surface area (Å²) < 4.78 is 115. The Balaban J connectivity index is 1.02. The van der Waals surface area contributed by atoms with Crippen molar-refractivity contribution in [3.05, 3.63) is 0 Å². The fourth-order valence-corrected chi connectivity index (χ4v) is 16.1. The number of ether oxygens (including phenoxy) is 19. The Bertz CT molecular complexity index is 3400. The van der Waals surface area contributed by atoms with Gasteiger partial charge in [-0.3, -0.25) is 24.0 Å². The molecule has 10 rings (SSSR count). The van der Waals surface area contributed by atoms with Gasteiger partial charge in [0.05, 0.1) is 65.1 Å². The van der Waals surface area contributed by atoms with E-state index in [1.54, 1.807) is 0 Å². The van der Waals surface area contributed by atoms with Crippen molar-refractivity contribution in [1.29, 1.82) is 0 Å². The maximum absolute atomic E-state index is 13.6. The molecule has 0 unspecified atom stereocenters. The van der Waals surface area contributed by atoms with Gasteiger partial charge in [-0.1, -0.05) is 0 Å². The minimum Gasteiger partial charge on any atom is -0.394 e. The van der Waals surface area contributed by atoms with Crippen LogP contribution in [0.2, 0.25) is 0 Å². The lowest BCUT2D eigenvalue weighted by Crippen LogP contribution is -2.72. The first kappa shape index (κ1) is 102. The quantitative estimate of drug-likeness (QED) is 0.0306. The van der Waals surface area contributed by atoms with E-state index in [9.17, 15) is 152 Å². The molecule has 50 atom stereocenters. The first-order valence-electron chi connectivity index (χ1n) is 39.8. The second kappa shape index (κ2) is 44.2. The van der Waals surface area contributed by atoms with Crippen LogP contribution in [0.1, 0.15) is 48.5 Å². The topological polar surface area (TPSA) is 827 Å². The van der Waals surface area contributed by atoms with Crippen molar-refractivity contribution in [1.82, 2.24) is 26.6 Å². The van der Waals surface area contributed by atoms with Gasteiger partial charge in [-0.05, 0) is 13.8 Å². The average molecular weight is 1810 g/mol. The molecule has 0 spiro atoms. The van der Waals surface area contributed by atoms with Gasteiger partial charge in [0.2, 0.25) is 29.5 Å². The minimum absolute atomic E-state index is 0.845. The van der Waals surface area contributed by atoms with Crippen molar-refractivity contribution < 1.29 is 242 Å².